The van der Waals surface area contributed by atoms with Crippen molar-refractivity contribution >= 4 is 28.9 Å². The molecule has 0 fully saturated rings. The van der Waals surface area contributed by atoms with Gasteiger partial charge in [0.15, 0.2) is 5.78 Å². The second-order valence-corrected chi connectivity index (χ2v) is 5.66. The van der Waals surface area contributed by atoms with E-state index in [0.29, 0.717) is 11.1 Å². The molecule has 3 heteroatoms. The maximum absolute atomic E-state index is 12.7. The average Bonchev–Trinajstić information content (AvgIpc) is 2.62. The highest BCUT2D eigenvalue weighted by Gasteiger charge is 2.16. The van der Waals surface area contributed by atoms with E-state index in [-0.39, 0.29) is 11.3 Å². The molecule has 0 atom stereocenters. The van der Waals surface area contributed by atoms with E-state index in [0.717, 1.165) is 16.5 Å². The van der Waals surface area contributed by atoms with Crippen molar-refractivity contribution in [2.24, 2.45) is 0 Å². The van der Waals surface area contributed by atoms with E-state index < -0.39 is 5.63 Å². The van der Waals surface area contributed by atoms with Crippen molar-refractivity contribution in [1.82, 2.24) is 0 Å². The van der Waals surface area contributed by atoms with E-state index in [9.17, 15) is 9.59 Å². The number of carbonyl (C=O) groups is 1. The van der Waals surface area contributed by atoms with Crippen LogP contribution in [0.25, 0.3) is 23.1 Å². The first kappa shape index (κ1) is 16.7. The van der Waals surface area contributed by atoms with E-state index in [1.807, 2.05) is 50.3 Å². The molecule has 0 unspecified atom stereocenters. The molecule has 0 aliphatic rings. The Bertz CT molecular complexity index is 1040. The molecule has 1 aromatic heterocycles. The Labute approximate surface area is 145 Å². The van der Waals surface area contributed by atoms with Gasteiger partial charge in [0.05, 0.1) is 0 Å². The van der Waals surface area contributed by atoms with E-state index in [1.165, 1.54) is 0 Å². The molecule has 0 saturated carbocycles. The van der Waals surface area contributed by atoms with Gasteiger partial charge < -0.3 is 4.42 Å². The number of fused-ring (bicyclic) bond motifs is 1. The molecule has 0 aliphatic carbocycles. The standard InChI is InChI=1S/C22H18O3/c1-3-8-15-12-17(9-4-2)18-14-19(22(24)25-20(18)13-15)21(23)16-10-6-5-7-11-16/h3-14H,1-2H3. The van der Waals surface area contributed by atoms with Crippen molar-refractivity contribution in [1.29, 1.82) is 0 Å². The molecule has 3 nitrogen and oxygen atoms in total. The van der Waals surface area contributed by atoms with Crippen molar-refractivity contribution < 1.29 is 9.21 Å². The summed E-state index contributed by atoms with van der Waals surface area (Å²) < 4.78 is 5.47. The minimum absolute atomic E-state index is 0.0447. The topological polar surface area (TPSA) is 47.3 Å². The summed E-state index contributed by atoms with van der Waals surface area (Å²) >= 11 is 0. The second kappa shape index (κ2) is 7.14. The largest absolute Gasteiger partial charge is 0.422 e. The van der Waals surface area contributed by atoms with Crippen molar-refractivity contribution in [3.05, 3.63) is 93.4 Å². The van der Waals surface area contributed by atoms with Crippen LogP contribution in [0.1, 0.15) is 40.9 Å². The average molecular weight is 330 g/mol. The van der Waals surface area contributed by atoms with Gasteiger partial charge >= 0.3 is 5.63 Å². The zero-order valence-corrected chi connectivity index (χ0v) is 14.2. The summed E-state index contributed by atoms with van der Waals surface area (Å²) in [7, 11) is 0. The SMILES string of the molecule is CC=Cc1cc(C=CC)c2cc(C(=O)c3ccccc3)c(=O)oc2c1. The number of hydrogen-bond donors (Lipinski definition) is 0. The Morgan fingerprint density at radius 1 is 0.960 bits per heavy atom. The molecule has 0 radical (unpaired) electrons. The smallest absolute Gasteiger partial charge is 0.347 e. The number of allylic oxidation sites excluding steroid dienone is 2. The number of benzene rings is 2. The highest BCUT2D eigenvalue weighted by Crippen LogP contribution is 2.24. The van der Waals surface area contributed by atoms with Crippen LogP contribution < -0.4 is 5.63 Å². The summed E-state index contributed by atoms with van der Waals surface area (Å²) in [5, 5.41) is 0.741. The maximum atomic E-state index is 12.7. The van der Waals surface area contributed by atoms with Crippen LogP contribution in [0.5, 0.6) is 0 Å². The van der Waals surface area contributed by atoms with Crippen molar-refractivity contribution in [3.63, 3.8) is 0 Å². The monoisotopic (exact) mass is 330 g/mol. The predicted molar refractivity (Wildman–Crippen MR) is 102 cm³/mol. The molecule has 0 saturated heterocycles. The number of rotatable bonds is 4. The molecule has 25 heavy (non-hydrogen) atoms. The van der Waals surface area contributed by atoms with Gasteiger partial charge in [0, 0.05) is 10.9 Å². The zero-order valence-electron chi connectivity index (χ0n) is 14.2. The number of ketones is 1. The van der Waals surface area contributed by atoms with Gasteiger partial charge in [0.25, 0.3) is 0 Å². The van der Waals surface area contributed by atoms with Gasteiger partial charge in [-0.05, 0) is 43.2 Å². The molecule has 0 bridgehead atoms. The molecule has 0 aliphatic heterocycles. The molecule has 2 aromatic carbocycles. The predicted octanol–water partition coefficient (Wildman–Crippen LogP) is 5.09. The summed E-state index contributed by atoms with van der Waals surface area (Å²) in [4.78, 5) is 25.0. The number of carbonyl (C=O) groups excluding carboxylic acids is 1. The zero-order chi connectivity index (χ0) is 17.8. The van der Waals surface area contributed by atoms with Crippen molar-refractivity contribution in [3.8, 4) is 0 Å². The fourth-order valence-electron chi connectivity index (χ4n) is 2.78. The molecular formula is C22H18O3. The van der Waals surface area contributed by atoms with Gasteiger partial charge in [-0.15, -0.1) is 0 Å². The van der Waals surface area contributed by atoms with Crippen LogP contribution >= 0.6 is 0 Å². The summed E-state index contributed by atoms with van der Waals surface area (Å²) in [6.45, 7) is 3.85. The van der Waals surface area contributed by atoms with Crippen molar-refractivity contribution in [2.45, 2.75) is 13.8 Å². The van der Waals surface area contributed by atoms with Gasteiger partial charge in [-0.25, -0.2) is 4.79 Å². The third-order valence-corrected chi connectivity index (χ3v) is 3.89. The first-order chi connectivity index (χ1) is 12.1. The van der Waals surface area contributed by atoms with Crippen LogP contribution in [0.3, 0.4) is 0 Å². The van der Waals surface area contributed by atoms with Gasteiger partial charge in [-0.2, -0.15) is 0 Å². The Balaban J connectivity index is 2.24. The normalized spacial score (nSPS) is 11.6. The highest BCUT2D eigenvalue weighted by molar-refractivity contribution is 6.10. The summed E-state index contributed by atoms with van der Waals surface area (Å²) in [6.07, 6.45) is 7.71. The molecule has 0 spiro atoms. The lowest BCUT2D eigenvalue weighted by Gasteiger charge is -2.07. The van der Waals surface area contributed by atoms with Crippen LogP contribution in [-0.4, -0.2) is 5.78 Å². The van der Waals surface area contributed by atoms with Crippen LogP contribution in [0.2, 0.25) is 0 Å². The van der Waals surface area contributed by atoms with E-state index in [1.54, 1.807) is 36.4 Å². The van der Waals surface area contributed by atoms with E-state index in [4.69, 9.17) is 4.42 Å². The summed E-state index contributed by atoms with van der Waals surface area (Å²) in [5.74, 6) is -0.333. The first-order valence-corrected chi connectivity index (χ1v) is 8.11. The van der Waals surface area contributed by atoms with E-state index >= 15 is 0 Å². The van der Waals surface area contributed by atoms with E-state index in [2.05, 4.69) is 0 Å². The quantitative estimate of drug-likeness (QED) is 0.494. The minimum Gasteiger partial charge on any atom is -0.422 e. The van der Waals surface area contributed by atoms with Gasteiger partial charge in [0.1, 0.15) is 11.1 Å². The van der Waals surface area contributed by atoms with Gasteiger partial charge in [-0.1, -0.05) is 54.6 Å². The molecule has 0 amide bonds. The Hall–Kier alpha value is -3.20. The molecule has 124 valence electrons. The maximum Gasteiger partial charge on any atom is 0.347 e. The van der Waals surface area contributed by atoms with Crippen molar-refractivity contribution in [2.75, 3.05) is 0 Å². The Kier molecular flexibility index (Phi) is 4.75. The summed E-state index contributed by atoms with van der Waals surface area (Å²) in [5.41, 5.74) is 2.20. The van der Waals surface area contributed by atoms with Gasteiger partial charge in [0.2, 0.25) is 0 Å². The Morgan fingerprint density at radius 3 is 2.36 bits per heavy atom. The molecule has 1 heterocycles. The Morgan fingerprint density at radius 2 is 1.68 bits per heavy atom. The third-order valence-electron chi connectivity index (χ3n) is 3.89. The van der Waals surface area contributed by atoms with Crippen LogP contribution in [0, 0.1) is 0 Å². The summed E-state index contributed by atoms with van der Waals surface area (Å²) in [6, 6.07) is 14.2. The lowest BCUT2D eigenvalue weighted by atomic mass is 10.00. The first-order valence-electron chi connectivity index (χ1n) is 8.11. The number of hydrogen-bond acceptors (Lipinski definition) is 3. The third kappa shape index (κ3) is 3.36. The molecule has 0 N–H and O–H groups in total. The minimum atomic E-state index is -0.620. The van der Waals surface area contributed by atoms with Crippen LogP contribution in [-0.2, 0) is 0 Å². The fraction of sp³-hybridized carbons (Fsp3) is 0.0909. The molecule has 3 aromatic rings. The highest BCUT2D eigenvalue weighted by atomic mass is 16.4. The molecule has 3 rings (SSSR count). The second-order valence-electron chi connectivity index (χ2n) is 5.66. The van der Waals surface area contributed by atoms with Crippen LogP contribution in [0.4, 0.5) is 0 Å². The van der Waals surface area contributed by atoms with Crippen LogP contribution in [0.15, 0.2) is 69.9 Å². The molecular weight excluding hydrogens is 312 g/mol. The lowest BCUT2D eigenvalue weighted by Crippen LogP contribution is -2.14. The van der Waals surface area contributed by atoms with Gasteiger partial charge in [-0.3, -0.25) is 4.79 Å². The lowest BCUT2D eigenvalue weighted by molar-refractivity contribution is 0.103. The fourth-order valence-corrected chi connectivity index (χ4v) is 2.78.